The average Bonchev–Trinajstić information content (AvgIpc) is 3.08. The zero-order valence-corrected chi connectivity index (χ0v) is 16.7. The van der Waals surface area contributed by atoms with E-state index in [4.69, 9.17) is 0 Å². The lowest BCUT2D eigenvalue weighted by Gasteiger charge is -2.23. The zero-order chi connectivity index (χ0) is 18.9. The van der Waals surface area contributed by atoms with Gasteiger partial charge in [0.15, 0.2) is 0 Å². The minimum absolute atomic E-state index is 0.239. The van der Waals surface area contributed by atoms with Gasteiger partial charge in [-0.25, -0.2) is 4.68 Å². The Kier molecular flexibility index (Phi) is 7.37. The maximum atomic E-state index is 12.4. The van der Waals surface area contributed by atoms with Crippen LogP contribution in [0.25, 0.3) is 0 Å². The first-order chi connectivity index (χ1) is 13.3. The highest BCUT2D eigenvalue weighted by atomic mass is 32.1. The Bertz CT molecular complexity index is 867. The predicted molar refractivity (Wildman–Crippen MR) is 109 cm³/mol. The molecule has 2 aromatic rings. The van der Waals surface area contributed by atoms with Crippen LogP contribution < -0.4 is 4.80 Å². The number of hydrogen-bond donors (Lipinski definition) is 0. The number of aryl methyl sites for hydroxylation is 1. The van der Waals surface area contributed by atoms with Gasteiger partial charge >= 0.3 is 0 Å². The van der Waals surface area contributed by atoms with E-state index in [0.717, 1.165) is 37.5 Å². The van der Waals surface area contributed by atoms with Gasteiger partial charge in [-0.3, -0.25) is 9.69 Å². The van der Waals surface area contributed by atoms with Crippen LogP contribution in [-0.4, -0.2) is 40.2 Å². The molecule has 1 aromatic heterocycles. The molecule has 3 rings (SSSR count). The number of likely N-dealkylation sites (tertiary alicyclic amines) is 1. The second-order valence-corrected chi connectivity index (χ2v) is 7.70. The molecule has 1 saturated heterocycles. The van der Waals surface area contributed by atoms with Gasteiger partial charge in [0.1, 0.15) is 11.6 Å². The predicted octanol–water partition coefficient (Wildman–Crippen LogP) is 3.13. The summed E-state index contributed by atoms with van der Waals surface area (Å²) in [7, 11) is 0. The number of carbonyl (C=O) groups excluding carboxylic acids is 1. The van der Waals surface area contributed by atoms with Crippen LogP contribution in [0.2, 0.25) is 0 Å². The Morgan fingerprint density at radius 3 is 2.63 bits per heavy atom. The normalized spacial score (nSPS) is 15.4. The number of amides is 1. The number of rotatable bonds is 5. The van der Waals surface area contributed by atoms with Crippen LogP contribution >= 0.6 is 11.3 Å². The first kappa shape index (κ1) is 19.5. The van der Waals surface area contributed by atoms with E-state index in [0.29, 0.717) is 16.9 Å². The van der Waals surface area contributed by atoms with Crippen LogP contribution in [0.15, 0.2) is 35.3 Å². The lowest BCUT2D eigenvalue weighted by atomic mass is 10.1. The standard InChI is InChI=1S/C21H26N4OS/c1-2-11-19-23-25(17-10-9-16-24-14-7-4-8-15-24)21(27-19)22-20(26)18-12-5-3-6-13-18/h3,5-6,12-13H,2,4,7-8,11,14-17H2,1H3. The van der Waals surface area contributed by atoms with Crippen molar-refractivity contribution < 1.29 is 4.79 Å². The molecule has 1 aliphatic rings. The summed E-state index contributed by atoms with van der Waals surface area (Å²) in [6.45, 7) is 5.68. The fourth-order valence-corrected chi connectivity index (χ4v) is 4.00. The third-order valence-corrected chi connectivity index (χ3v) is 5.46. The second-order valence-electron chi connectivity index (χ2n) is 6.66. The molecular weight excluding hydrogens is 356 g/mol. The molecule has 2 heterocycles. The Hall–Kier alpha value is -2.23. The van der Waals surface area contributed by atoms with Crippen LogP contribution in [0.5, 0.6) is 0 Å². The summed E-state index contributed by atoms with van der Waals surface area (Å²) in [4.78, 5) is 19.8. The number of carbonyl (C=O) groups is 1. The minimum atomic E-state index is -0.239. The van der Waals surface area contributed by atoms with E-state index in [-0.39, 0.29) is 5.91 Å². The lowest BCUT2D eigenvalue weighted by molar-refractivity contribution is 0.0997. The molecule has 27 heavy (non-hydrogen) atoms. The van der Waals surface area contributed by atoms with Crippen LogP contribution in [0, 0.1) is 11.8 Å². The molecular formula is C21H26N4OS. The van der Waals surface area contributed by atoms with Crippen molar-refractivity contribution in [2.45, 2.75) is 45.6 Å². The topological polar surface area (TPSA) is 50.5 Å². The van der Waals surface area contributed by atoms with Gasteiger partial charge in [-0.1, -0.05) is 54.7 Å². The molecule has 0 aliphatic carbocycles. The lowest BCUT2D eigenvalue weighted by Crippen LogP contribution is -2.29. The summed E-state index contributed by atoms with van der Waals surface area (Å²) in [6, 6.07) is 9.14. The number of hydrogen-bond acceptors (Lipinski definition) is 4. The van der Waals surface area contributed by atoms with Crippen molar-refractivity contribution >= 4 is 17.2 Å². The fraction of sp³-hybridized carbons (Fsp3) is 0.476. The van der Waals surface area contributed by atoms with Crippen LogP contribution in [-0.2, 0) is 13.0 Å². The molecule has 5 nitrogen and oxygen atoms in total. The highest BCUT2D eigenvalue weighted by Crippen LogP contribution is 2.07. The van der Waals surface area contributed by atoms with Gasteiger partial charge < -0.3 is 0 Å². The van der Waals surface area contributed by atoms with E-state index >= 15 is 0 Å². The zero-order valence-electron chi connectivity index (χ0n) is 15.9. The second kappa shape index (κ2) is 10.2. The van der Waals surface area contributed by atoms with E-state index in [2.05, 4.69) is 33.8 Å². The SMILES string of the molecule is CCCc1nn(CC#CCN2CCCCC2)c(=NC(=O)c2ccccc2)s1. The van der Waals surface area contributed by atoms with Crippen LogP contribution in [0.4, 0.5) is 0 Å². The van der Waals surface area contributed by atoms with Crippen molar-refractivity contribution in [3.63, 3.8) is 0 Å². The number of nitrogens with zero attached hydrogens (tertiary/aromatic N) is 4. The van der Waals surface area contributed by atoms with Gasteiger partial charge in [0.05, 0.1) is 6.54 Å². The molecule has 1 amide bonds. The van der Waals surface area contributed by atoms with Gasteiger partial charge in [-0.2, -0.15) is 10.1 Å². The first-order valence-corrected chi connectivity index (χ1v) is 10.5. The maximum Gasteiger partial charge on any atom is 0.279 e. The maximum absolute atomic E-state index is 12.4. The van der Waals surface area contributed by atoms with Crippen LogP contribution in [0.1, 0.15) is 48.0 Å². The molecule has 1 aromatic carbocycles. The third kappa shape index (κ3) is 5.88. The smallest absolute Gasteiger partial charge is 0.279 e. The molecule has 0 radical (unpaired) electrons. The highest BCUT2D eigenvalue weighted by molar-refractivity contribution is 7.08. The van der Waals surface area contributed by atoms with E-state index in [1.807, 2.05) is 18.2 Å². The quantitative estimate of drug-likeness (QED) is 0.747. The highest BCUT2D eigenvalue weighted by Gasteiger charge is 2.09. The Labute approximate surface area is 164 Å². The number of aromatic nitrogens is 2. The monoisotopic (exact) mass is 382 g/mol. The first-order valence-electron chi connectivity index (χ1n) is 9.65. The van der Waals surface area contributed by atoms with Crippen molar-refractivity contribution in [1.29, 1.82) is 0 Å². The van der Waals surface area contributed by atoms with Crippen LogP contribution in [0.3, 0.4) is 0 Å². The summed E-state index contributed by atoms with van der Waals surface area (Å²) in [6.07, 6.45) is 5.78. The van der Waals surface area contributed by atoms with Gasteiger partial charge in [-0.15, -0.1) is 0 Å². The van der Waals surface area contributed by atoms with Crippen molar-refractivity contribution in [3.8, 4) is 11.8 Å². The fourth-order valence-electron chi connectivity index (χ4n) is 3.00. The van der Waals surface area contributed by atoms with E-state index < -0.39 is 0 Å². The van der Waals surface area contributed by atoms with E-state index in [1.54, 1.807) is 16.8 Å². The summed E-state index contributed by atoms with van der Waals surface area (Å²) < 4.78 is 1.76. The van der Waals surface area contributed by atoms with E-state index in [1.165, 1.54) is 30.6 Å². The molecule has 0 N–H and O–H groups in total. The van der Waals surface area contributed by atoms with Gasteiger partial charge in [0.25, 0.3) is 5.91 Å². The Balaban J connectivity index is 1.74. The van der Waals surface area contributed by atoms with Crippen molar-refractivity contribution in [3.05, 3.63) is 45.7 Å². The van der Waals surface area contributed by atoms with Crippen molar-refractivity contribution in [2.75, 3.05) is 19.6 Å². The van der Waals surface area contributed by atoms with Gasteiger partial charge in [0.2, 0.25) is 4.80 Å². The molecule has 1 fully saturated rings. The number of benzene rings is 1. The Morgan fingerprint density at radius 1 is 1.15 bits per heavy atom. The molecule has 0 atom stereocenters. The molecule has 0 spiro atoms. The van der Waals surface area contributed by atoms with Gasteiger partial charge in [-0.05, 0) is 44.5 Å². The third-order valence-electron chi connectivity index (χ3n) is 4.45. The van der Waals surface area contributed by atoms with Crippen molar-refractivity contribution in [1.82, 2.24) is 14.7 Å². The van der Waals surface area contributed by atoms with E-state index in [9.17, 15) is 4.79 Å². The largest absolute Gasteiger partial charge is 0.292 e. The van der Waals surface area contributed by atoms with Crippen molar-refractivity contribution in [2.24, 2.45) is 4.99 Å². The molecule has 142 valence electrons. The summed E-state index contributed by atoms with van der Waals surface area (Å²) in [5.74, 6) is 6.21. The average molecular weight is 383 g/mol. The van der Waals surface area contributed by atoms with Gasteiger partial charge in [0, 0.05) is 12.0 Å². The molecule has 0 bridgehead atoms. The Morgan fingerprint density at radius 2 is 1.89 bits per heavy atom. The summed E-state index contributed by atoms with van der Waals surface area (Å²) in [5, 5.41) is 5.60. The molecule has 1 aliphatic heterocycles. The summed E-state index contributed by atoms with van der Waals surface area (Å²) >= 11 is 1.48. The molecule has 0 unspecified atom stereocenters. The number of piperidine rings is 1. The molecule has 6 heteroatoms. The molecule has 0 saturated carbocycles. The minimum Gasteiger partial charge on any atom is -0.292 e. The summed E-state index contributed by atoms with van der Waals surface area (Å²) in [5.41, 5.74) is 0.589.